The zero-order valence-electron chi connectivity index (χ0n) is 24.1. The Morgan fingerprint density at radius 3 is 2.24 bits per heavy atom. The third-order valence-electron chi connectivity index (χ3n) is 6.16. The van der Waals surface area contributed by atoms with Crippen LogP contribution in [0, 0.1) is 6.92 Å². The Kier molecular flexibility index (Phi) is 14.8. The summed E-state index contributed by atoms with van der Waals surface area (Å²) in [6.45, 7) is 11.0. The average molecular weight is 536 g/mol. The van der Waals surface area contributed by atoms with Crippen LogP contribution in [0.5, 0.6) is 5.75 Å². The second-order valence-electron chi connectivity index (χ2n) is 10.7. The lowest BCUT2D eigenvalue weighted by Crippen LogP contribution is -2.54. The maximum absolute atomic E-state index is 13.8. The number of rotatable bonds is 16. The van der Waals surface area contributed by atoms with Gasteiger partial charge < -0.3 is 30.5 Å². The van der Waals surface area contributed by atoms with Gasteiger partial charge in [-0.2, -0.15) is 0 Å². The molecule has 38 heavy (non-hydrogen) atoms. The van der Waals surface area contributed by atoms with E-state index in [1.54, 1.807) is 45.9 Å². The number of ether oxygens (including phenoxy) is 1. The second kappa shape index (κ2) is 16.9. The van der Waals surface area contributed by atoms with Gasteiger partial charge in [0.05, 0.1) is 6.61 Å². The first-order valence-electron chi connectivity index (χ1n) is 13.9. The molecule has 0 aliphatic heterocycles. The molecule has 9 heteroatoms. The number of alkyl carbamates (subject to hydrolysis) is 1. The molecule has 9 nitrogen and oxygen atoms in total. The highest BCUT2D eigenvalue weighted by atomic mass is 16.6. The smallest absolute Gasteiger partial charge is 0.408 e. The van der Waals surface area contributed by atoms with Crippen molar-refractivity contribution in [2.45, 2.75) is 111 Å². The normalized spacial score (nSPS) is 12.9. The third kappa shape index (κ3) is 11.3. The van der Waals surface area contributed by atoms with E-state index in [1.807, 2.05) is 0 Å². The zero-order valence-corrected chi connectivity index (χ0v) is 24.1. The molecular weight excluding hydrogens is 486 g/mol. The molecule has 1 rings (SSSR count). The highest BCUT2D eigenvalue weighted by molar-refractivity contribution is 5.92. The first-order valence-corrected chi connectivity index (χ1v) is 13.9. The number of carbonyl (C=O) groups is 3. The summed E-state index contributed by atoms with van der Waals surface area (Å²) >= 11 is 0. The lowest BCUT2D eigenvalue weighted by atomic mass is 9.98. The summed E-state index contributed by atoms with van der Waals surface area (Å²) in [6.07, 6.45) is 6.49. The number of nitrogens with zero attached hydrogens (tertiary/aromatic N) is 1. The predicted octanol–water partition coefficient (Wildman–Crippen LogP) is 4.73. The molecule has 2 unspecified atom stereocenters. The lowest BCUT2D eigenvalue weighted by molar-refractivity contribution is -0.143. The lowest BCUT2D eigenvalue weighted by Gasteiger charge is -2.34. The van der Waals surface area contributed by atoms with Gasteiger partial charge >= 0.3 is 6.09 Å². The Hall–Kier alpha value is -2.81. The Labute approximate surface area is 228 Å². The van der Waals surface area contributed by atoms with Crippen molar-refractivity contribution in [3.63, 3.8) is 0 Å². The molecule has 0 radical (unpaired) electrons. The monoisotopic (exact) mass is 535 g/mol. The van der Waals surface area contributed by atoms with Crippen LogP contribution in [-0.4, -0.2) is 64.4 Å². The molecule has 0 aromatic heterocycles. The van der Waals surface area contributed by atoms with Gasteiger partial charge in [0.15, 0.2) is 0 Å². The fourth-order valence-corrected chi connectivity index (χ4v) is 4.12. The molecule has 3 amide bonds. The van der Waals surface area contributed by atoms with Crippen molar-refractivity contribution in [2.75, 3.05) is 19.7 Å². The van der Waals surface area contributed by atoms with E-state index in [2.05, 4.69) is 24.5 Å². The minimum absolute atomic E-state index is 0.0642. The number of benzene rings is 1. The molecule has 0 saturated heterocycles. The van der Waals surface area contributed by atoms with Gasteiger partial charge in [-0.05, 0) is 46.1 Å². The average Bonchev–Trinajstić information content (AvgIpc) is 2.85. The van der Waals surface area contributed by atoms with Crippen LogP contribution in [0.15, 0.2) is 18.2 Å². The van der Waals surface area contributed by atoms with Crippen LogP contribution in [-0.2, 0) is 14.3 Å². The molecule has 1 aromatic carbocycles. The Balaban J connectivity index is 3.39. The van der Waals surface area contributed by atoms with E-state index in [0.29, 0.717) is 24.1 Å². The van der Waals surface area contributed by atoms with Crippen LogP contribution >= 0.6 is 0 Å². The number of phenols is 1. The van der Waals surface area contributed by atoms with Gasteiger partial charge in [0.25, 0.3) is 0 Å². The fourth-order valence-electron chi connectivity index (χ4n) is 4.12. The van der Waals surface area contributed by atoms with Crippen LogP contribution < -0.4 is 10.6 Å². The number of para-hydroxylation sites is 1. The SMILES string of the molecule is CCCCCCCN(C(=O)C(CO)NC(=O)OC(C)(C)C)C(C(=O)NCCCCC)c1cccc(C)c1O. The maximum atomic E-state index is 13.8. The Morgan fingerprint density at radius 1 is 1.00 bits per heavy atom. The largest absolute Gasteiger partial charge is 0.507 e. The number of aryl methyl sites for hydroxylation is 1. The van der Waals surface area contributed by atoms with E-state index < -0.39 is 42.2 Å². The van der Waals surface area contributed by atoms with Gasteiger partial charge in [-0.1, -0.05) is 70.6 Å². The zero-order chi connectivity index (χ0) is 28.7. The molecule has 0 fully saturated rings. The van der Waals surface area contributed by atoms with E-state index in [1.165, 1.54) is 4.90 Å². The van der Waals surface area contributed by atoms with Crippen LogP contribution in [0.25, 0.3) is 0 Å². The van der Waals surface area contributed by atoms with Crippen LogP contribution in [0.1, 0.15) is 103 Å². The van der Waals surface area contributed by atoms with Gasteiger partial charge in [-0.15, -0.1) is 0 Å². The molecule has 1 aromatic rings. The fraction of sp³-hybridized carbons (Fsp3) is 0.690. The minimum atomic E-state index is -1.32. The molecule has 216 valence electrons. The number of amides is 3. The summed E-state index contributed by atoms with van der Waals surface area (Å²) < 4.78 is 5.28. The quantitative estimate of drug-likeness (QED) is 0.227. The van der Waals surface area contributed by atoms with E-state index in [4.69, 9.17) is 4.74 Å². The van der Waals surface area contributed by atoms with Crippen molar-refractivity contribution >= 4 is 17.9 Å². The number of phenolic OH excluding ortho intramolecular Hbond substituents is 1. The van der Waals surface area contributed by atoms with E-state index in [-0.39, 0.29) is 12.3 Å². The molecular formula is C29H49N3O6. The number of carbonyl (C=O) groups excluding carboxylic acids is 3. The molecule has 4 N–H and O–H groups in total. The summed E-state index contributed by atoms with van der Waals surface area (Å²) in [4.78, 5) is 41.2. The first-order chi connectivity index (χ1) is 18.0. The van der Waals surface area contributed by atoms with E-state index in [0.717, 1.165) is 44.9 Å². The summed E-state index contributed by atoms with van der Waals surface area (Å²) in [5, 5.41) is 26.3. The van der Waals surface area contributed by atoms with Crippen LogP contribution in [0.3, 0.4) is 0 Å². The van der Waals surface area contributed by atoms with E-state index >= 15 is 0 Å². The number of aromatic hydroxyl groups is 1. The number of hydrogen-bond donors (Lipinski definition) is 4. The van der Waals surface area contributed by atoms with Crippen molar-refractivity contribution in [3.8, 4) is 5.75 Å². The van der Waals surface area contributed by atoms with Gasteiger partial charge in [0, 0.05) is 18.7 Å². The number of unbranched alkanes of at least 4 members (excludes halogenated alkanes) is 6. The van der Waals surface area contributed by atoms with Gasteiger partial charge in [0.2, 0.25) is 11.8 Å². The van der Waals surface area contributed by atoms with Gasteiger partial charge in [0.1, 0.15) is 23.4 Å². The molecule has 0 bridgehead atoms. The van der Waals surface area contributed by atoms with Gasteiger partial charge in [-0.3, -0.25) is 9.59 Å². The summed E-state index contributed by atoms with van der Waals surface area (Å²) in [5.41, 5.74) is 0.0847. The van der Waals surface area contributed by atoms with Crippen LogP contribution in [0.2, 0.25) is 0 Å². The molecule has 0 saturated carbocycles. The highest BCUT2D eigenvalue weighted by Gasteiger charge is 2.37. The Morgan fingerprint density at radius 2 is 1.63 bits per heavy atom. The topological polar surface area (TPSA) is 128 Å². The number of nitrogens with one attached hydrogen (secondary N) is 2. The summed E-state index contributed by atoms with van der Waals surface area (Å²) in [7, 11) is 0. The first kappa shape index (κ1) is 33.2. The molecule has 0 aliphatic rings. The van der Waals surface area contributed by atoms with E-state index in [9.17, 15) is 24.6 Å². The van der Waals surface area contributed by atoms with Crippen LogP contribution in [0.4, 0.5) is 4.79 Å². The predicted molar refractivity (Wildman–Crippen MR) is 149 cm³/mol. The van der Waals surface area contributed by atoms with Crippen molar-refractivity contribution in [1.82, 2.24) is 15.5 Å². The number of hydrogen-bond acceptors (Lipinski definition) is 6. The number of aliphatic hydroxyl groups excluding tert-OH is 1. The third-order valence-corrected chi connectivity index (χ3v) is 6.16. The standard InChI is InChI=1S/C29H49N3O6/c1-7-9-11-12-14-19-32(27(36)23(20-33)31-28(37)38-29(4,5)6)24(26(35)30-18-13-10-8-2)22-17-15-16-21(3)25(22)34/h15-17,23-24,33-34H,7-14,18-20H2,1-6H3,(H,30,35)(H,31,37). The summed E-state index contributed by atoms with van der Waals surface area (Å²) in [5.74, 6) is -1.10. The Bertz CT molecular complexity index is 884. The summed E-state index contributed by atoms with van der Waals surface area (Å²) in [6, 6.07) is 2.64. The van der Waals surface area contributed by atoms with Crippen molar-refractivity contribution in [1.29, 1.82) is 0 Å². The molecule has 2 atom stereocenters. The molecule has 0 aliphatic carbocycles. The maximum Gasteiger partial charge on any atom is 0.408 e. The number of aliphatic hydroxyl groups is 1. The van der Waals surface area contributed by atoms with Crippen molar-refractivity contribution in [3.05, 3.63) is 29.3 Å². The second-order valence-corrected chi connectivity index (χ2v) is 10.7. The molecule has 0 heterocycles. The minimum Gasteiger partial charge on any atom is -0.507 e. The van der Waals surface area contributed by atoms with Crippen molar-refractivity contribution < 1.29 is 29.3 Å². The van der Waals surface area contributed by atoms with Crippen molar-refractivity contribution in [2.24, 2.45) is 0 Å². The molecule has 0 spiro atoms. The highest BCUT2D eigenvalue weighted by Crippen LogP contribution is 2.32. The van der Waals surface area contributed by atoms with Gasteiger partial charge in [-0.25, -0.2) is 4.79 Å².